The van der Waals surface area contributed by atoms with Crippen LogP contribution in [0, 0.1) is 6.92 Å². The van der Waals surface area contributed by atoms with Crippen LogP contribution in [0.5, 0.6) is 0 Å². The van der Waals surface area contributed by atoms with Crippen LogP contribution in [0.1, 0.15) is 5.69 Å². The Labute approximate surface area is 112 Å². The smallest absolute Gasteiger partial charge is 0.290 e. The molecule has 18 heavy (non-hydrogen) atoms. The second-order valence-electron chi connectivity index (χ2n) is 3.10. The number of nitrogen functional groups attached to an aromatic ring is 2. The van der Waals surface area contributed by atoms with Gasteiger partial charge in [0.1, 0.15) is 16.1 Å². The summed E-state index contributed by atoms with van der Waals surface area (Å²) in [5.74, 6) is 0.282. The molecule has 5 N–H and O–H groups in total. The topological polar surface area (TPSA) is 124 Å². The van der Waals surface area contributed by atoms with Gasteiger partial charge in [-0.15, -0.1) is 0 Å². The Morgan fingerprint density at radius 1 is 1.17 bits per heavy atom. The molecule has 0 aromatic carbocycles. The predicted molar refractivity (Wildman–Crippen MR) is 70.5 cm³/mol. The summed E-state index contributed by atoms with van der Waals surface area (Å²) in [6, 6.07) is 0. The van der Waals surface area contributed by atoms with Crippen molar-refractivity contribution in [2.75, 3.05) is 11.5 Å². The quantitative estimate of drug-likeness (QED) is 0.665. The van der Waals surface area contributed by atoms with Gasteiger partial charge in [-0.3, -0.25) is 9.78 Å². The number of nitrogens with zero attached hydrogens (tertiary/aromatic N) is 3. The van der Waals surface area contributed by atoms with Gasteiger partial charge in [0.25, 0.3) is 5.56 Å². The van der Waals surface area contributed by atoms with E-state index >= 15 is 0 Å². The van der Waals surface area contributed by atoms with Crippen molar-refractivity contribution in [1.82, 2.24) is 19.9 Å². The van der Waals surface area contributed by atoms with Gasteiger partial charge in [-0.05, 0) is 6.92 Å². The van der Waals surface area contributed by atoms with Gasteiger partial charge in [0, 0.05) is 6.20 Å². The molecular formula is C9H10Cl2N6O. The summed E-state index contributed by atoms with van der Waals surface area (Å²) in [4.78, 5) is 23.8. The largest absolute Gasteiger partial charge is 0.382 e. The van der Waals surface area contributed by atoms with Crippen LogP contribution in [0.2, 0.25) is 10.3 Å². The molecule has 0 spiro atoms. The van der Waals surface area contributed by atoms with Crippen LogP contribution in [-0.4, -0.2) is 19.9 Å². The van der Waals surface area contributed by atoms with E-state index in [-0.39, 0.29) is 11.0 Å². The summed E-state index contributed by atoms with van der Waals surface area (Å²) in [6.45, 7) is 1.78. The standard InChI is InChI=1S/C5H6ClN3.C4H4ClN3O/c1-3-5(7)9-4(6)2-8-3;5-2-1-7-4(9)3(6)8-2/h2H,1H3,(H2,7,9);1H,(H2,6,8)(H,7,9). The first-order valence-corrected chi connectivity index (χ1v) is 5.41. The number of aromatic amines is 1. The van der Waals surface area contributed by atoms with Crippen molar-refractivity contribution in [1.29, 1.82) is 0 Å². The molecule has 7 nitrogen and oxygen atoms in total. The molecular weight excluding hydrogens is 279 g/mol. The molecule has 0 bridgehead atoms. The maximum atomic E-state index is 10.5. The number of H-pyrrole nitrogens is 1. The predicted octanol–water partition coefficient (Wildman–Crippen LogP) is 1.03. The van der Waals surface area contributed by atoms with E-state index in [9.17, 15) is 4.79 Å². The molecule has 0 amide bonds. The van der Waals surface area contributed by atoms with Crippen LogP contribution in [0.3, 0.4) is 0 Å². The van der Waals surface area contributed by atoms with Gasteiger partial charge in [0.05, 0.1) is 11.9 Å². The highest BCUT2D eigenvalue weighted by Crippen LogP contribution is 2.07. The maximum absolute atomic E-state index is 10.5. The van der Waals surface area contributed by atoms with Gasteiger partial charge in [0.2, 0.25) is 0 Å². The highest BCUT2D eigenvalue weighted by molar-refractivity contribution is 6.29. The fourth-order valence-corrected chi connectivity index (χ4v) is 1.12. The van der Waals surface area contributed by atoms with E-state index in [1.165, 1.54) is 12.4 Å². The lowest BCUT2D eigenvalue weighted by molar-refractivity contribution is 1.13. The normalized spacial score (nSPS) is 9.50. The average Bonchev–Trinajstić information content (AvgIpc) is 2.30. The monoisotopic (exact) mass is 288 g/mol. The first kappa shape index (κ1) is 14.2. The summed E-state index contributed by atoms with van der Waals surface area (Å²) in [5.41, 5.74) is 10.7. The molecule has 0 aliphatic carbocycles. The average molecular weight is 289 g/mol. The zero-order valence-corrected chi connectivity index (χ0v) is 10.8. The van der Waals surface area contributed by atoms with Crippen LogP contribution < -0.4 is 17.0 Å². The van der Waals surface area contributed by atoms with Gasteiger partial charge < -0.3 is 16.5 Å². The van der Waals surface area contributed by atoms with E-state index in [0.717, 1.165) is 0 Å². The van der Waals surface area contributed by atoms with Crippen molar-refractivity contribution in [3.05, 3.63) is 38.7 Å². The van der Waals surface area contributed by atoms with Gasteiger partial charge in [-0.2, -0.15) is 0 Å². The molecule has 0 unspecified atom stereocenters. The summed E-state index contributed by atoms with van der Waals surface area (Å²) < 4.78 is 0. The van der Waals surface area contributed by atoms with Crippen LogP contribution in [0.15, 0.2) is 17.2 Å². The third kappa shape index (κ3) is 4.19. The Kier molecular flexibility index (Phi) is 4.87. The molecule has 2 heterocycles. The van der Waals surface area contributed by atoms with Crippen molar-refractivity contribution >= 4 is 34.8 Å². The second kappa shape index (κ2) is 6.18. The van der Waals surface area contributed by atoms with Gasteiger partial charge >= 0.3 is 0 Å². The number of hydrogen-bond acceptors (Lipinski definition) is 6. The number of nitrogens with two attached hydrogens (primary N) is 2. The summed E-state index contributed by atoms with van der Waals surface area (Å²) in [6.07, 6.45) is 2.74. The van der Waals surface area contributed by atoms with E-state index in [4.69, 9.17) is 34.7 Å². The minimum atomic E-state index is -0.417. The fraction of sp³-hybridized carbons (Fsp3) is 0.111. The van der Waals surface area contributed by atoms with E-state index in [0.29, 0.717) is 16.7 Å². The number of aryl methyl sites for hydroxylation is 1. The van der Waals surface area contributed by atoms with E-state index in [2.05, 4.69) is 19.9 Å². The molecule has 2 aromatic rings. The number of nitrogens with one attached hydrogen (secondary N) is 1. The lowest BCUT2D eigenvalue weighted by Crippen LogP contribution is -2.12. The molecule has 2 rings (SSSR count). The molecule has 0 aliphatic heterocycles. The number of aromatic nitrogens is 4. The van der Waals surface area contributed by atoms with E-state index in [1.807, 2.05) is 0 Å². The highest BCUT2D eigenvalue weighted by atomic mass is 35.5. The van der Waals surface area contributed by atoms with Gasteiger partial charge in [-0.25, -0.2) is 9.97 Å². The van der Waals surface area contributed by atoms with Gasteiger partial charge in [0.15, 0.2) is 5.82 Å². The first-order valence-electron chi connectivity index (χ1n) is 4.65. The Hall–Kier alpha value is -1.86. The minimum absolute atomic E-state index is 0.109. The number of anilines is 2. The van der Waals surface area contributed by atoms with Crippen LogP contribution in [-0.2, 0) is 0 Å². The maximum Gasteiger partial charge on any atom is 0.290 e. The Morgan fingerprint density at radius 3 is 2.22 bits per heavy atom. The Bertz CT molecular complexity index is 600. The zero-order valence-electron chi connectivity index (χ0n) is 9.32. The van der Waals surface area contributed by atoms with Crippen molar-refractivity contribution < 1.29 is 0 Å². The summed E-state index contributed by atoms with van der Waals surface area (Å²) in [5, 5.41) is 0.519. The molecule has 0 radical (unpaired) electrons. The van der Waals surface area contributed by atoms with Gasteiger partial charge in [-0.1, -0.05) is 23.2 Å². The Morgan fingerprint density at radius 2 is 1.78 bits per heavy atom. The van der Waals surface area contributed by atoms with E-state index in [1.54, 1.807) is 6.92 Å². The molecule has 2 aromatic heterocycles. The van der Waals surface area contributed by atoms with E-state index < -0.39 is 5.56 Å². The first-order chi connectivity index (χ1) is 8.40. The van der Waals surface area contributed by atoms with Crippen molar-refractivity contribution in [3.8, 4) is 0 Å². The van der Waals surface area contributed by atoms with Crippen LogP contribution in [0.4, 0.5) is 11.6 Å². The van der Waals surface area contributed by atoms with Crippen molar-refractivity contribution in [3.63, 3.8) is 0 Å². The third-order valence-corrected chi connectivity index (χ3v) is 2.12. The fourth-order valence-electron chi connectivity index (χ4n) is 0.838. The summed E-state index contributed by atoms with van der Waals surface area (Å²) >= 11 is 10.8. The second-order valence-corrected chi connectivity index (χ2v) is 3.88. The highest BCUT2D eigenvalue weighted by Gasteiger charge is 1.95. The lowest BCUT2D eigenvalue weighted by Gasteiger charge is -1.94. The number of rotatable bonds is 0. The number of hydrogen-bond donors (Lipinski definition) is 3. The lowest BCUT2D eigenvalue weighted by atomic mass is 10.5. The number of halogens is 2. The molecule has 0 saturated heterocycles. The molecule has 0 atom stereocenters. The van der Waals surface area contributed by atoms with Crippen LogP contribution >= 0.6 is 23.2 Å². The minimum Gasteiger partial charge on any atom is -0.382 e. The van der Waals surface area contributed by atoms with Crippen LogP contribution in [0.25, 0.3) is 0 Å². The van der Waals surface area contributed by atoms with Crippen molar-refractivity contribution in [2.45, 2.75) is 6.92 Å². The summed E-state index contributed by atoms with van der Waals surface area (Å²) in [7, 11) is 0. The third-order valence-electron chi connectivity index (χ3n) is 1.74. The molecule has 0 fully saturated rings. The molecule has 9 heteroatoms. The molecule has 96 valence electrons. The molecule has 0 saturated carbocycles. The SMILES string of the molecule is Cc1ncc(Cl)nc1N.Nc1nc(Cl)c[nH]c1=O. The van der Waals surface area contributed by atoms with Crippen molar-refractivity contribution in [2.24, 2.45) is 0 Å². The molecule has 0 aliphatic rings. The Balaban J connectivity index is 0.000000180. The zero-order chi connectivity index (χ0) is 13.7.